The maximum atomic E-state index is 12.5. The molecule has 1 atom stereocenters. The van der Waals surface area contributed by atoms with Crippen molar-refractivity contribution in [2.75, 3.05) is 13.1 Å². The smallest absolute Gasteiger partial charge is 0.341 e. The highest BCUT2D eigenvalue weighted by molar-refractivity contribution is 5.86. The molecule has 0 radical (unpaired) electrons. The average Bonchev–Trinajstić information content (AvgIpc) is 2.16. The van der Waals surface area contributed by atoms with Crippen LogP contribution in [0.5, 0.6) is 0 Å². The molecular weight excluding hydrogens is 221 g/mol. The molecule has 94 valence electrons. The second-order valence-corrected chi connectivity index (χ2v) is 4.67. The number of alkyl halides is 3. The third-order valence-electron chi connectivity index (χ3n) is 3.10. The van der Waals surface area contributed by atoms with E-state index in [4.69, 9.17) is 5.73 Å². The second-order valence-electron chi connectivity index (χ2n) is 4.67. The maximum Gasteiger partial charge on any atom is 0.415 e. The van der Waals surface area contributed by atoms with Gasteiger partial charge in [-0.05, 0) is 25.7 Å². The van der Waals surface area contributed by atoms with Gasteiger partial charge < -0.3 is 10.6 Å². The summed E-state index contributed by atoms with van der Waals surface area (Å²) < 4.78 is 37.6. The molecule has 1 fully saturated rings. The number of nitrogens with two attached hydrogens (primary N) is 1. The minimum Gasteiger partial charge on any atom is -0.341 e. The molecule has 0 aromatic heterocycles. The lowest BCUT2D eigenvalue weighted by Crippen LogP contribution is -2.63. The maximum absolute atomic E-state index is 12.5. The fourth-order valence-electron chi connectivity index (χ4n) is 1.66. The number of carbonyl (C=O) groups is 1. The molecular formula is C10H17F3N2O. The first-order valence-corrected chi connectivity index (χ1v) is 5.31. The molecule has 0 aromatic carbocycles. The summed E-state index contributed by atoms with van der Waals surface area (Å²) in [7, 11) is 0. The topological polar surface area (TPSA) is 46.3 Å². The summed E-state index contributed by atoms with van der Waals surface area (Å²) in [4.78, 5) is 12.9. The van der Waals surface area contributed by atoms with E-state index in [0.29, 0.717) is 19.0 Å². The zero-order chi connectivity index (χ0) is 12.6. The van der Waals surface area contributed by atoms with Gasteiger partial charge in [0.1, 0.15) is 0 Å². The van der Waals surface area contributed by atoms with Crippen molar-refractivity contribution < 1.29 is 18.0 Å². The van der Waals surface area contributed by atoms with E-state index >= 15 is 0 Å². The minimum absolute atomic E-state index is 0.364. The quantitative estimate of drug-likeness (QED) is 0.753. The van der Waals surface area contributed by atoms with Crippen LogP contribution in [0.15, 0.2) is 0 Å². The van der Waals surface area contributed by atoms with E-state index in [1.807, 2.05) is 6.92 Å². The Bertz CT molecular complexity index is 268. The predicted molar refractivity (Wildman–Crippen MR) is 53.6 cm³/mol. The Morgan fingerprint density at radius 3 is 2.12 bits per heavy atom. The normalized spacial score (nSPS) is 23.0. The largest absolute Gasteiger partial charge is 0.415 e. The SMILES string of the molecule is CC1CCN(C(=O)C(C)(N)C(F)(F)F)CC1. The number of hydrogen-bond donors (Lipinski definition) is 1. The summed E-state index contributed by atoms with van der Waals surface area (Å²) >= 11 is 0. The van der Waals surface area contributed by atoms with E-state index < -0.39 is 17.6 Å². The Morgan fingerprint density at radius 1 is 1.31 bits per heavy atom. The first-order valence-electron chi connectivity index (χ1n) is 5.31. The van der Waals surface area contributed by atoms with Crippen molar-refractivity contribution in [2.45, 2.75) is 38.4 Å². The molecule has 1 unspecified atom stereocenters. The molecule has 0 spiro atoms. The van der Waals surface area contributed by atoms with E-state index in [1.165, 1.54) is 4.90 Å². The Kier molecular flexibility index (Phi) is 3.52. The number of hydrogen-bond acceptors (Lipinski definition) is 2. The number of rotatable bonds is 1. The molecule has 2 N–H and O–H groups in total. The number of likely N-dealkylation sites (tertiary alicyclic amines) is 1. The van der Waals surface area contributed by atoms with E-state index in [9.17, 15) is 18.0 Å². The van der Waals surface area contributed by atoms with Crippen molar-refractivity contribution in [1.82, 2.24) is 4.90 Å². The van der Waals surface area contributed by atoms with Crippen LogP contribution >= 0.6 is 0 Å². The van der Waals surface area contributed by atoms with Gasteiger partial charge in [0.15, 0.2) is 5.54 Å². The van der Waals surface area contributed by atoms with Crippen LogP contribution < -0.4 is 5.73 Å². The van der Waals surface area contributed by atoms with Gasteiger partial charge in [-0.1, -0.05) is 6.92 Å². The summed E-state index contributed by atoms with van der Waals surface area (Å²) in [5, 5.41) is 0. The summed E-state index contributed by atoms with van der Waals surface area (Å²) in [6.07, 6.45) is -3.23. The number of piperidine rings is 1. The molecule has 1 saturated heterocycles. The van der Waals surface area contributed by atoms with E-state index in [1.54, 1.807) is 0 Å². The molecule has 1 heterocycles. The van der Waals surface area contributed by atoms with Gasteiger partial charge >= 0.3 is 6.18 Å². The standard InChI is InChI=1S/C10H17F3N2O/c1-7-3-5-15(6-4-7)8(16)9(2,14)10(11,12)13/h7H,3-6,14H2,1-2H3. The summed E-state index contributed by atoms with van der Waals surface area (Å²) in [5.74, 6) is -0.564. The highest BCUT2D eigenvalue weighted by Crippen LogP contribution is 2.30. The third kappa shape index (κ3) is 2.48. The zero-order valence-corrected chi connectivity index (χ0v) is 9.47. The summed E-state index contributed by atoms with van der Waals surface area (Å²) in [6, 6.07) is 0. The van der Waals surface area contributed by atoms with Gasteiger partial charge in [0.25, 0.3) is 5.91 Å². The van der Waals surface area contributed by atoms with Gasteiger partial charge in [0.2, 0.25) is 0 Å². The van der Waals surface area contributed by atoms with E-state index in [-0.39, 0.29) is 0 Å². The van der Waals surface area contributed by atoms with Crippen LogP contribution in [-0.4, -0.2) is 35.6 Å². The van der Waals surface area contributed by atoms with Gasteiger partial charge in [-0.15, -0.1) is 0 Å². The van der Waals surface area contributed by atoms with Crippen molar-refractivity contribution >= 4 is 5.91 Å². The van der Waals surface area contributed by atoms with Crippen molar-refractivity contribution in [1.29, 1.82) is 0 Å². The van der Waals surface area contributed by atoms with E-state index in [0.717, 1.165) is 19.8 Å². The highest BCUT2D eigenvalue weighted by Gasteiger charge is 2.55. The van der Waals surface area contributed by atoms with Crippen molar-refractivity contribution in [3.8, 4) is 0 Å². The lowest BCUT2D eigenvalue weighted by atomic mass is 9.95. The van der Waals surface area contributed by atoms with Gasteiger partial charge in [-0.2, -0.15) is 13.2 Å². The number of nitrogens with zero attached hydrogens (tertiary/aromatic N) is 1. The predicted octanol–water partition coefficient (Wildman–Crippen LogP) is 1.52. The molecule has 3 nitrogen and oxygen atoms in total. The molecule has 6 heteroatoms. The minimum atomic E-state index is -4.70. The van der Waals surface area contributed by atoms with Gasteiger partial charge in [-0.25, -0.2) is 0 Å². The molecule has 0 aromatic rings. The summed E-state index contributed by atoms with van der Waals surface area (Å²) in [5.41, 5.74) is 2.32. The number of amides is 1. The fraction of sp³-hybridized carbons (Fsp3) is 0.900. The first kappa shape index (κ1) is 13.3. The van der Waals surface area contributed by atoms with Crippen molar-refractivity contribution in [3.05, 3.63) is 0 Å². The molecule has 16 heavy (non-hydrogen) atoms. The van der Waals surface area contributed by atoms with Crippen LogP contribution in [0.2, 0.25) is 0 Å². The lowest BCUT2D eigenvalue weighted by Gasteiger charge is -2.36. The average molecular weight is 238 g/mol. The number of halogens is 3. The summed E-state index contributed by atoms with van der Waals surface area (Å²) in [6.45, 7) is 3.48. The van der Waals surface area contributed by atoms with Crippen LogP contribution in [0.3, 0.4) is 0 Å². The van der Waals surface area contributed by atoms with E-state index in [2.05, 4.69) is 0 Å². The number of carbonyl (C=O) groups excluding carboxylic acids is 1. The van der Waals surface area contributed by atoms with Crippen LogP contribution in [0.1, 0.15) is 26.7 Å². The van der Waals surface area contributed by atoms with Crippen LogP contribution in [0, 0.1) is 5.92 Å². The molecule has 0 aliphatic carbocycles. The fourth-order valence-corrected chi connectivity index (χ4v) is 1.66. The monoisotopic (exact) mass is 238 g/mol. The van der Waals surface area contributed by atoms with Crippen LogP contribution in [0.4, 0.5) is 13.2 Å². The Labute approximate surface area is 92.8 Å². The first-order chi connectivity index (χ1) is 7.16. The Morgan fingerprint density at radius 2 is 1.75 bits per heavy atom. The molecule has 1 amide bonds. The molecule has 1 aliphatic rings. The van der Waals surface area contributed by atoms with Gasteiger partial charge in [0, 0.05) is 13.1 Å². The molecule has 0 saturated carbocycles. The second kappa shape index (κ2) is 4.24. The Hall–Kier alpha value is -0.780. The molecule has 1 aliphatic heterocycles. The van der Waals surface area contributed by atoms with Gasteiger partial charge in [-0.3, -0.25) is 4.79 Å². The van der Waals surface area contributed by atoms with Gasteiger partial charge in [0.05, 0.1) is 0 Å². The Balaban J connectivity index is 2.71. The molecule has 1 rings (SSSR count). The third-order valence-corrected chi connectivity index (χ3v) is 3.10. The lowest BCUT2D eigenvalue weighted by molar-refractivity contribution is -0.194. The van der Waals surface area contributed by atoms with Crippen LogP contribution in [0.25, 0.3) is 0 Å². The van der Waals surface area contributed by atoms with Crippen molar-refractivity contribution in [3.63, 3.8) is 0 Å². The molecule has 0 bridgehead atoms. The highest BCUT2D eigenvalue weighted by atomic mass is 19.4. The van der Waals surface area contributed by atoms with Crippen molar-refractivity contribution in [2.24, 2.45) is 11.7 Å². The zero-order valence-electron chi connectivity index (χ0n) is 9.47. The van der Waals surface area contributed by atoms with Crippen LogP contribution in [-0.2, 0) is 4.79 Å².